The number of carbonyl (C=O) groups is 1. The van der Waals surface area contributed by atoms with Crippen molar-refractivity contribution in [2.75, 3.05) is 13.1 Å². The summed E-state index contributed by atoms with van der Waals surface area (Å²) in [5.41, 5.74) is 1.67. The Kier molecular flexibility index (Phi) is 5.34. The highest BCUT2D eigenvalue weighted by molar-refractivity contribution is 5.79. The maximum Gasteiger partial charge on any atom is 0.224 e. The van der Waals surface area contributed by atoms with Gasteiger partial charge in [-0.05, 0) is 42.6 Å². The second-order valence-electron chi connectivity index (χ2n) is 6.83. The Morgan fingerprint density at radius 1 is 1.31 bits per heavy atom. The number of carbonyl (C=O) groups excluding carboxylic acids is 1. The van der Waals surface area contributed by atoms with Crippen molar-refractivity contribution < 1.29 is 18.7 Å². The van der Waals surface area contributed by atoms with Crippen LogP contribution in [0.1, 0.15) is 29.2 Å². The van der Waals surface area contributed by atoms with Gasteiger partial charge in [-0.25, -0.2) is 8.78 Å². The molecule has 1 atom stereocenters. The fraction of sp³-hybridized carbons (Fsp3) is 0.350. The zero-order valence-electron chi connectivity index (χ0n) is 14.6. The third kappa shape index (κ3) is 4.08. The normalized spacial score (nSPS) is 15.8. The van der Waals surface area contributed by atoms with E-state index in [1.54, 1.807) is 0 Å². The van der Waals surface area contributed by atoms with Gasteiger partial charge >= 0.3 is 0 Å². The van der Waals surface area contributed by atoms with Crippen LogP contribution in [-0.2, 0) is 29.8 Å². The van der Waals surface area contributed by atoms with E-state index in [0.29, 0.717) is 0 Å². The molecule has 0 spiro atoms. The molecule has 1 amide bonds. The smallest absolute Gasteiger partial charge is 0.224 e. The number of hydrogen-bond acceptors (Lipinski definition) is 3. The van der Waals surface area contributed by atoms with E-state index in [4.69, 9.17) is 0 Å². The lowest BCUT2D eigenvalue weighted by Gasteiger charge is -2.25. The number of hydrogen-bond donors (Lipinski definition) is 3. The first-order chi connectivity index (χ1) is 12.4. The standard InChI is InChI=1S/C20H22F2N2O2/c1-20(26,17-6-5-15(21)10-18(17)22)12-24-19(25)9-13-3-2-4-14-11-23-8-7-16(13)14/h2-6,10,23,26H,7-9,11-12H2,1H3,(H,24,25). The molecule has 1 aliphatic heterocycles. The molecular formula is C20H22F2N2O2. The predicted molar refractivity (Wildman–Crippen MR) is 94.5 cm³/mol. The monoisotopic (exact) mass is 360 g/mol. The number of rotatable bonds is 5. The topological polar surface area (TPSA) is 61.4 Å². The summed E-state index contributed by atoms with van der Waals surface area (Å²) in [4.78, 5) is 12.3. The SMILES string of the molecule is CC(O)(CNC(=O)Cc1cccc2c1CCNC2)c1ccc(F)cc1F. The maximum absolute atomic E-state index is 13.9. The zero-order chi connectivity index (χ0) is 18.7. The van der Waals surface area contributed by atoms with Crippen LogP contribution in [0.2, 0.25) is 0 Å². The van der Waals surface area contributed by atoms with Gasteiger partial charge in [0.15, 0.2) is 0 Å². The van der Waals surface area contributed by atoms with Gasteiger partial charge in [0.1, 0.15) is 17.2 Å². The summed E-state index contributed by atoms with van der Waals surface area (Å²) in [6, 6.07) is 8.90. The van der Waals surface area contributed by atoms with Gasteiger partial charge in [-0.1, -0.05) is 24.3 Å². The fourth-order valence-electron chi connectivity index (χ4n) is 3.30. The van der Waals surface area contributed by atoms with Gasteiger partial charge in [0.25, 0.3) is 0 Å². The van der Waals surface area contributed by atoms with Crippen LogP contribution in [0.4, 0.5) is 8.78 Å². The number of amides is 1. The van der Waals surface area contributed by atoms with Gasteiger partial charge in [-0.15, -0.1) is 0 Å². The molecule has 3 rings (SSSR count). The van der Waals surface area contributed by atoms with Crippen molar-refractivity contribution in [2.45, 2.75) is 31.9 Å². The van der Waals surface area contributed by atoms with E-state index in [-0.39, 0.29) is 24.4 Å². The number of aliphatic hydroxyl groups is 1. The van der Waals surface area contributed by atoms with Crippen molar-refractivity contribution in [1.82, 2.24) is 10.6 Å². The first-order valence-electron chi connectivity index (χ1n) is 8.62. The molecule has 2 aromatic rings. The second-order valence-corrected chi connectivity index (χ2v) is 6.83. The molecule has 1 unspecified atom stereocenters. The van der Waals surface area contributed by atoms with E-state index < -0.39 is 17.2 Å². The van der Waals surface area contributed by atoms with Gasteiger partial charge in [-0.2, -0.15) is 0 Å². The van der Waals surface area contributed by atoms with Crippen LogP contribution in [0, 0.1) is 11.6 Å². The molecule has 0 aliphatic carbocycles. The minimum Gasteiger partial charge on any atom is -0.383 e. The average molecular weight is 360 g/mol. The van der Waals surface area contributed by atoms with E-state index in [0.717, 1.165) is 37.2 Å². The third-order valence-corrected chi connectivity index (χ3v) is 4.73. The lowest BCUT2D eigenvalue weighted by Crippen LogP contribution is -2.40. The van der Waals surface area contributed by atoms with Crippen molar-refractivity contribution in [3.05, 3.63) is 70.3 Å². The Labute approximate surface area is 151 Å². The summed E-state index contributed by atoms with van der Waals surface area (Å²) < 4.78 is 26.9. The van der Waals surface area contributed by atoms with E-state index in [9.17, 15) is 18.7 Å². The van der Waals surface area contributed by atoms with Crippen LogP contribution in [0.25, 0.3) is 0 Å². The molecule has 4 nitrogen and oxygen atoms in total. The molecular weight excluding hydrogens is 338 g/mol. The van der Waals surface area contributed by atoms with Gasteiger partial charge in [-0.3, -0.25) is 4.79 Å². The Morgan fingerprint density at radius 3 is 2.88 bits per heavy atom. The van der Waals surface area contributed by atoms with Crippen LogP contribution in [0.5, 0.6) is 0 Å². The second kappa shape index (κ2) is 7.51. The summed E-state index contributed by atoms with van der Waals surface area (Å²) in [7, 11) is 0. The van der Waals surface area contributed by atoms with Crippen LogP contribution >= 0.6 is 0 Å². The molecule has 6 heteroatoms. The number of halogens is 2. The number of benzene rings is 2. The first-order valence-corrected chi connectivity index (χ1v) is 8.62. The van der Waals surface area contributed by atoms with E-state index in [1.807, 2.05) is 18.2 Å². The summed E-state index contributed by atoms with van der Waals surface area (Å²) in [6.45, 7) is 2.90. The minimum absolute atomic E-state index is 0.0534. The molecule has 0 saturated heterocycles. The summed E-state index contributed by atoms with van der Waals surface area (Å²) in [5.74, 6) is -1.80. The van der Waals surface area contributed by atoms with E-state index in [2.05, 4.69) is 10.6 Å². The van der Waals surface area contributed by atoms with Gasteiger partial charge in [0.05, 0.1) is 13.0 Å². The molecule has 0 fully saturated rings. The highest BCUT2D eigenvalue weighted by Crippen LogP contribution is 2.24. The number of fused-ring (bicyclic) bond motifs is 1. The highest BCUT2D eigenvalue weighted by atomic mass is 19.1. The van der Waals surface area contributed by atoms with Gasteiger partial charge in [0, 0.05) is 18.2 Å². The quantitative estimate of drug-likeness (QED) is 0.766. The Bertz CT molecular complexity index is 821. The average Bonchev–Trinajstić information content (AvgIpc) is 2.60. The largest absolute Gasteiger partial charge is 0.383 e. The Hall–Kier alpha value is -2.31. The summed E-state index contributed by atoms with van der Waals surface area (Å²) >= 11 is 0. The molecule has 1 heterocycles. The molecule has 0 aromatic heterocycles. The number of nitrogens with one attached hydrogen (secondary N) is 2. The summed E-state index contributed by atoms with van der Waals surface area (Å²) in [5, 5.41) is 16.4. The van der Waals surface area contributed by atoms with Crippen molar-refractivity contribution in [1.29, 1.82) is 0 Å². The molecule has 0 saturated carbocycles. The molecule has 0 radical (unpaired) electrons. The summed E-state index contributed by atoms with van der Waals surface area (Å²) in [6.07, 6.45) is 1.07. The first kappa shape index (κ1) is 18.5. The predicted octanol–water partition coefficient (Wildman–Crippen LogP) is 2.18. The fourth-order valence-corrected chi connectivity index (χ4v) is 3.30. The lowest BCUT2D eigenvalue weighted by molar-refractivity contribution is -0.121. The minimum atomic E-state index is -1.63. The Morgan fingerprint density at radius 2 is 2.12 bits per heavy atom. The van der Waals surface area contributed by atoms with Crippen molar-refractivity contribution in [3.8, 4) is 0 Å². The van der Waals surface area contributed by atoms with Crippen LogP contribution < -0.4 is 10.6 Å². The molecule has 2 aromatic carbocycles. The van der Waals surface area contributed by atoms with Crippen LogP contribution in [-0.4, -0.2) is 24.1 Å². The molecule has 1 aliphatic rings. The third-order valence-electron chi connectivity index (χ3n) is 4.73. The molecule has 138 valence electrons. The molecule has 26 heavy (non-hydrogen) atoms. The van der Waals surface area contributed by atoms with E-state index >= 15 is 0 Å². The zero-order valence-corrected chi connectivity index (χ0v) is 14.6. The highest BCUT2D eigenvalue weighted by Gasteiger charge is 2.27. The molecule has 3 N–H and O–H groups in total. The van der Waals surface area contributed by atoms with Crippen molar-refractivity contribution in [3.63, 3.8) is 0 Å². The van der Waals surface area contributed by atoms with E-state index in [1.165, 1.54) is 24.1 Å². The lowest BCUT2D eigenvalue weighted by atomic mass is 9.93. The van der Waals surface area contributed by atoms with Crippen molar-refractivity contribution >= 4 is 5.91 Å². The van der Waals surface area contributed by atoms with Crippen LogP contribution in [0.3, 0.4) is 0 Å². The molecule has 0 bridgehead atoms. The Balaban J connectivity index is 1.65. The van der Waals surface area contributed by atoms with Crippen molar-refractivity contribution in [2.24, 2.45) is 0 Å². The maximum atomic E-state index is 13.9. The van der Waals surface area contributed by atoms with Gasteiger partial charge < -0.3 is 15.7 Å². The van der Waals surface area contributed by atoms with Crippen LogP contribution in [0.15, 0.2) is 36.4 Å². The van der Waals surface area contributed by atoms with Gasteiger partial charge in [0.2, 0.25) is 5.91 Å².